The molecule has 1 fully saturated rings. The van der Waals surface area contributed by atoms with Crippen LogP contribution < -0.4 is 10.0 Å². The molecule has 1 aromatic carbocycles. The van der Waals surface area contributed by atoms with Crippen molar-refractivity contribution in [2.75, 3.05) is 10.0 Å². The number of hydrogen-bond acceptors (Lipinski definition) is 5. The predicted molar refractivity (Wildman–Crippen MR) is 126 cm³/mol. The maximum absolute atomic E-state index is 12.9. The highest BCUT2D eigenvalue weighted by Gasteiger charge is 2.36. The summed E-state index contributed by atoms with van der Waals surface area (Å²) in [5.74, 6) is -0.489. The Hall–Kier alpha value is -2.97. The number of benzene rings is 1. The van der Waals surface area contributed by atoms with E-state index in [4.69, 9.17) is 11.6 Å². The molecule has 2 aromatic heterocycles. The molecule has 0 radical (unpaired) electrons. The Balaban J connectivity index is 1.46. The summed E-state index contributed by atoms with van der Waals surface area (Å²) in [6.07, 6.45) is 5.15. The minimum Gasteiger partial charge on any atom is -0.326 e. The average molecular weight is 471 g/mol. The van der Waals surface area contributed by atoms with Crippen LogP contribution in [-0.2, 0) is 14.8 Å². The van der Waals surface area contributed by atoms with Gasteiger partial charge in [-0.15, -0.1) is 0 Å². The highest BCUT2D eigenvalue weighted by Crippen LogP contribution is 2.30. The molecule has 7 nitrogen and oxygen atoms in total. The number of aromatic nitrogens is 2. The third-order valence-corrected chi connectivity index (χ3v) is 7.30. The van der Waals surface area contributed by atoms with E-state index in [1.807, 2.05) is 37.3 Å². The number of halogens is 1. The first-order valence-electron chi connectivity index (χ1n) is 10.4. The number of carbonyl (C=O) groups excluding carboxylic acids is 1. The zero-order valence-electron chi connectivity index (χ0n) is 17.5. The van der Waals surface area contributed by atoms with Gasteiger partial charge in [-0.3, -0.25) is 14.5 Å². The molecular weight excluding hydrogens is 448 g/mol. The largest absolute Gasteiger partial charge is 0.326 e. The van der Waals surface area contributed by atoms with E-state index in [0.29, 0.717) is 35.7 Å². The van der Waals surface area contributed by atoms with Crippen molar-refractivity contribution in [2.45, 2.75) is 37.4 Å². The van der Waals surface area contributed by atoms with Gasteiger partial charge < -0.3 is 5.32 Å². The second-order valence-electron chi connectivity index (χ2n) is 7.71. The number of anilines is 2. The molecule has 9 heteroatoms. The lowest BCUT2D eigenvalue weighted by Crippen LogP contribution is -2.23. The summed E-state index contributed by atoms with van der Waals surface area (Å²) >= 11 is 6.01. The van der Waals surface area contributed by atoms with Gasteiger partial charge in [0.15, 0.2) is 0 Å². The Kier molecular flexibility index (Phi) is 6.43. The van der Waals surface area contributed by atoms with Crippen molar-refractivity contribution in [1.29, 1.82) is 0 Å². The number of pyridine rings is 2. The molecule has 0 bridgehead atoms. The Morgan fingerprint density at radius 3 is 2.53 bits per heavy atom. The molecular formula is C23H23ClN4O3S. The van der Waals surface area contributed by atoms with Crippen LogP contribution in [0.4, 0.5) is 11.5 Å². The zero-order chi connectivity index (χ0) is 22.7. The smallest absolute Gasteiger partial charge is 0.236 e. The predicted octanol–water partition coefficient (Wildman–Crippen LogP) is 4.83. The van der Waals surface area contributed by atoms with Crippen LogP contribution in [0.1, 0.15) is 37.8 Å². The van der Waals surface area contributed by atoms with Gasteiger partial charge in [0.25, 0.3) is 0 Å². The maximum atomic E-state index is 12.9. The van der Waals surface area contributed by atoms with Crippen LogP contribution in [0.15, 0.2) is 60.9 Å². The Morgan fingerprint density at radius 1 is 1.12 bits per heavy atom. The molecule has 2 heterocycles. The van der Waals surface area contributed by atoms with Gasteiger partial charge in [-0.2, -0.15) is 0 Å². The van der Waals surface area contributed by atoms with Gasteiger partial charge in [-0.05, 0) is 55.2 Å². The molecule has 166 valence electrons. The fraction of sp³-hybridized carbons (Fsp3) is 0.261. The van der Waals surface area contributed by atoms with E-state index in [-0.39, 0.29) is 17.0 Å². The maximum Gasteiger partial charge on any atom is 0.236 e. The lowest BCUT2D eigenvalue weighted by Gasteiger charge is -2.16. The van der Waals surface area contributed by atoms with Crippen molar-refractivity contribution >= 4 is 39.0 Å². The first-order valence-corrected chi connectivity index (χ1v) is 12.3. The van der Waals surface area contributed by atoms with Crippen molar-refractivity contribution in [2.24, 2.45) is 0 Å². The Morgan fingerprint density at radius 2 is 1.88 bits per heavy atom. The van der Waals surface area contributed by atoms with Crippen LogP contribution in [-0.4, -0.2) is 29.5 Å². The number of rotatable bonds is 8. The molecule has 0 aliphatic heterocycles. The van der Waals surface area contributed by atoms with Gasteiger partial charge >= 0.3 is 0 Å². The third kappa shape index (κ3) is 5.26. The van der Waals surface area contributed by atoms with Crippen LogP contribution >= 0.6 is 11.6 Å². The van der Waals surface area contributed by atoms with E-state index in [9.17, 15) is 13.2 Å². The van der Waals surface area contributed by atoms with Crippen molar-refractivity contribution < 1.29 is 13.2 Å². The SMILES string of the molecule is CCC(C(=O)Nc1ccc(-c2cncc(Cl)c2)cc1)c1cccc(NS(=O)(=O)C2CC2)n1. The molecule has 0 spiro atoms. The van der Waals surface area contributed by atoms with Crippen LogP contribution in [0, 0.1) is 0 Å². The van der Waals surface area contributed by atoms with Gasteiger partial charge in [-0.25, -0.2) is 13.4 Å². The molecule has 1 aliphatic carbocycles. The summed E-state index contributed by atoms with van der Waals surface area (Å²) in [7, 11) is -3.41. The molecule has 3 aromatic rings. The molecule has 32 heavy (non-hydrogen) atoms. The monoisotopic (exact) mass is 470 g/mol. The molecule has 1 unspecified atom stereocenters. The Bertz CT molecular complexity index is 1230. The van der Waals surface area contributed by atoms with Gasteiger partial charge in [0.05, 0.1) is 21.9 Å². The fourth-order valence-electron chi connectivity index (χ4n) is 3.38. The summed E-state index contributed by atoms with van der Waals surface area (Å²) in [5.41, 5.74) is 2.99. The van der Waals surface area contributed by atoms with Gasteiger partial charge in [0.1, 0.15) is 5.82 Å². The standard InChI is InChI=1S/C23H23ClN4O3S/c1-2-20(21-4-3-5-22(27-21)28-32(30,31)19-10-11-19)23(29)26-18-8-6-15(7-9-18)16-12-17(24)14-25-13-16/h3-9,12-14,19-20H,2,10-11H2,1H3,(H,26,29)(H,27,28). The minimum atomic E-state index is -3.41. The van der Waals surface area contributed by atoms with E-state index < -0.39 is 15.9 Å². The van der Waals surface area contributed by atoms with E-state index in [2.05, 4.69) is 20.0 Å². The van der Waals surface area contributed by atoms with Crippen LogP contribution in [0.3, 0.4) is 0 Å². The van der Waals surface area contributed by atoms with Crippen molar-refractivity contribution in [3.8, 4) is 11.1 Å². The lowest BCUT2D eigenvalue weighted by molar-refractivity contribution is -0.117. The van der Waals surface area contributed by atoms with Crippen molar-refractivity contribution in [3.63, 3.8) is 0 Å². The summed E-state index contributed by atoms with van der Waals surface area (Å²) in [6.45, 7) is 1.89. The molecule has 4 rings (SSSR count). The number of amides is 1. The highest BCUT2D eigenvalue weighted by molar-refractivity contribution is 7.93. The number of carbonyl (C=O) groups is 1. The fourth-order valence-corrected chi connectivity index (χ4v) is 4.89. The number of hydrogen-bond donors (Lipinski definition) is 2. The second kappa shape index (κ2) is 9.26. The minimum absolute atomic E-state index is 0.209. The molecule has 1 aliphatic rings. The average Bonchev–Trinajstić information content (AvgIpc) is 3.61. The number of nitrogens with one attached hydrogen (secondary N) is 2. The lowest BCUT2D eigenvalue weighted by atomic mass is 10.00. The van der Waals surface area contributed by atoms with Crippen molar-refractivity contribution in [1.82, 2.24) is 9.97 Å². The van der Waals surface area contributed by atoms with E-state index in [1.54, 1.807) is 30.6 Å². The quantitative estimate of drug-likeness (QED) is 0.490. The van der Waals surface area contributed by atoms with Crippen LogP contribution in [0.5, 0.6) is 0 Å². The van der Waals surface area contributed by atoms with Gasteiger partial charge in [0, 0.05) is 23.6 Å². The van der Waals surface area contributed by atoms with Crippen molar-refractivity contribution in [3.05, 3.63) is 71.6 Å². The van der Waals surface area contributed by atoms with E-state index >= 15 is 0 Å². The van der Waals surface area contributed by atoms with E-state index in [0.717, 1.165) is 11.1 Å². The summed E-state index contributed by atoms with van der Waals surface area (Å²) in [6, 6.07) is 14.3. The topological polar surface area (TPSA) is 101 Å². The Labute approximate surface area is 192 Å². The third-order valence-electron chi connectivity index (χ3n) is 5.25. The summed E-state index contributed by atoms with van der Waals surface area (Å²) in [5, 5.41) is 3.13. The number of nitrogens with zero attached hydrogens (tertiary/aromatic N) is 2. The van der Waals surface area contributed by atoms with Gasteiger partial charge in [-0.1, -0.05) is 36.7 Å². The van der Waals surface area contributed by atoms with Crippen LogP contribution in [0.25, 0.3) is 11.1 Å². The summed E-state index contributed by atoms with van der Waals surface area (Å²) < 4.78 is 26.9. The highest BCUT2D eigenvalue weighted by atomic mass is 35.5. The van der Waals surface area contributed by atoms with Gasteiger partial charge in [0.2, 0.25) is 15.9 Å². The molecule has 2 N–H and O–H groups in total. The second-order valence-corrected chi connectivity index (χ2v) is 10.1. The first-order chi connectivity index (χ1) is 15.4. The van der Waals surface area contributed by atoms with Crippen LogP contribution in [0.2, 0.25) is 5.02 Å². The first kappa shape index (κ1) is 22.2. The van der Waals surface area contributed by atoms with E-state index in [1.165, 1.54) is 0 Å². The summed E-state index contributed by atoms with van der Waals surface area (Å²) in [4.78, 5) is 21.4. The molecule has 1 atom stereocenters. The molecule has 1 saturated carbocycles. The number of sulfonamides is 1. The molecule has 0 saturated heterocycles. The zero-order valence-corrected chi connectivity index (χ0v) is 19.0. The normalized spacial score (nSPS) is 14.6. The molecule has 1 amide bonds.